The topological polar surface area (TPSA) is 49.4 Å². The second-order valence-electron chi connectivity index (χ2n) is 8.13. The van der Waals surface area contributed by atoms with Crippen molar-refractivity contribution in [2.24, 2.45) is 5.92 Å². The Morgan fingerprint density at radius 2 is 1.50 bits per heavy atom. The number of amides is 2. The first kappa shape index (κ1) is 24.1. The van der Waals surface area contributed by atoms with Crippen molar-refractivity contribution in [3.63, 3.8) is 0 Å². The summed E-state index contributed by atoms with van der Waals surface area (Å²) in [6, 6.07) is 15.7. The fraction of sp³-hybridized carbons (Fsp3) is 0.440. The van der Waals surface area contributed by atoms with Crippen LogP contribution in [0.15, 0.2) is 53.0 Å². The molecule has 162 valence electrons. The predicted molar refractivity (Wildman–Crippen MR) is 126 cm³/mol. The van der Waals surface area contributed by atoms with E-state index in [1.807, 2.05) is 31.2 Å². The molecule has 0 unspecified atom stereocenters. The number of halogens is 1. The highest BCUT2D eigenvalue weighted by Gasteiger charge is 2.25. The van der Waals surface area contributed by atoms with E-state index in [4.69, 9.17) is 0 Å². The molecule has 0 saturated carbocycles. The molecule has 1 N–H and O–H groups in total. The van der Waals surface area contributed by atoms with Gasteiger partial charge in [-0.1, -0.05) is 73.1 Å². The summed E-state index contributed by atoms with van der Waals surface area (Å²) < 4.78 is 0.988. The van der Waals surface area contributed by atoms with Gasteiger partial charge in [0.15, 0.2) is 0 Å². The van der Waals surface area contributed by atoms with E-state index in [1.165, 1.54) is 5.56 Å². The van der Waals surface area contributed by atoms with Crippen LogP contribution in [-0.2, 0) is 29.0 Å². The van der Waals surface area contributed by atoms with Crippen molar-refractivity contribution < 1.29 is 9.59 Å². The summed E-state index contributed by atoms with van der Waals surface area (Å²) in [5, 5.41) is 2.96. The Morgan fingerprint density at radius 1 is 0.933 bits per heavy atom. The maximum atomic E-state index is 13.1. The van der Waals surface area contributed by atoms with E-state index in [1.54, 1.807) is 4.90 Å². The molecular weight excluding hydrogens is 440 g/mol. The highest BCUT2D eigenvalue weighted by Crippen LogP contribution is 2.16. The van der Waals surface area contributed by atoms with Crippen molar-refractivity contribution in [2.45, 2.75) is 59.5 Å². The van der Waals surface area contributed by atoms with Gasteiger partial charge in [-0.05, 0) is 54.5 Å². The quantitative estimate of drug-likeness (QED) is 0.520. The molecule has 0 aliphatic rings. The predicted octanol–water partition coefficient (Wildman–Crippen LogP) is 5.13. The number of carbonyl (C=O) groups is 2. The van der Waals surface area contributed by atoms with Crippen LogP contribution in [0, 0.1) is 5.92 Å². The third-order valence-corrected chi connectivity index (χ3v) is 5.71. The van der Waals surface area contributed by atoms with Gasteiger partial charge in [0, 0.05) is 24.0 Å². The Balaban J connectivity index is 2.10. The fourth-order valence-electron chi connectivity index (χ4n) is 3.16. The maximum absolute atomic E-state index is 13.1. The molecule has 0 bridgehead atoms. The Morgan fingerprint density at radius 3 is 2.07 bits per heavy atom. The molecular formula is C25H33BrN2O2. The molecule has 0 heterocycles. The molecule has 0 aromatic heterocycles. The van der Waals surface area contributed by atoms with E-state index < -0.39 is 6.04 Å². The molecule has 4 nitrogen and oxygen atoms in total. The number of nitrogens with one attached hydrogen (secondary N) is 1. The molecule has 30 heavy (non-hydrogen) atoms. The minimum atomic E-state index is -0.526. The first-order chi connectivity index (χ1) is 14.3. The van der Waals surface area contributed by atoms with Crippen LogP contribution >= 0.6 is 15.9 Å². The van der Waals surface area contributed by atoms with Crippen LogP contribution in [-0.4, -0.2) is 29.3 Å². The highest BCUT2D eigenvalue weighted by molar-refractivity contribution is 9.10. The lowest BCUT2D eigenvalue weighted by Crippen LogP contribution is -2.48. The molecule has 2 aromatic carbocycles. The second kappa shape index (κ2) is 11.9. The first-order valence-electron chi connectivity index (χ1n) is 10.7. The molecule has 0 fully saturated rings. The van der Waals surface area contributed by atoms with Crippen molar-refractivity contribution in [3.05, 3.63) is 69.7 Å². The Bertz CT molecular complexity index is 816. The van der Waals surface area contributed by atoms with Gasteiger partial charge in [0.1, 0.15) is 6.04 Å². The van der Waals surface area contributed by atoms with Crippen molar-refractivity contribution >= 4 is 27.7 Å². The van der Waals surface area contributed by atoms with Crippen LogP contribution in [0.5, 0.6) is 0 Å². The highest BCUT2D eigenvalue weighted by atomic mass is 79.9. The second-order valence-corrected chi connectivity index (χ2v) is 9.05. The molecule has 2 rings (SSSR count). The molecule has 2 amide bonds. The summed E-state index contributed by atoms with van der Waals surface area (Å²) in [6.45, 7) is 9.07. The first-order valence-corrected chi connectivity index (χ1v) is 11.5. The third kappa shape index (κ3) is 7.60. The van der Waals surface area contributed by atoms with Crippen LogP contribution in [0.25, 0.3) is 0 Å². The Labute approximate surface area is 189 Å². The summed E-state index contributed by atoms with van der Waals surface area (Å²) >= 11 is 3.44. The number of nitrogens with zero attached hydrogens (tertiary/aromatic N) is 1. The van der Waals surface area contributed by atoms with Crippen molar-refractivity contribution in [2.75, 3.05) is 6.54 Å². The number of hydrogen-bond acceptors (Lipinski definition) is 2. The minimum absolute atomic E-state index is 0.00955. The van der Waals surface area contributed by atoms with E-state index in [-0.39, 0.29) is 11.8 Å². The summed E-state index contributed by atoms with van der Waals surface area (Å²) in [7, 11) is 0. The lowest BCUT2D eigenvalue weighted by molar-refractivity contribution is -0.140. The molecule has 1 atom stereocenters. The summed E-state index contributed by atoms with van der Waals surface area (Å²) in [5.74, 6) is 0.244. The van der Waals surface area contributed by atoms with Gasteiger partial charge in [-0.25, -0.2) is 0 Å². The number of carbonyl (C=O) groups excluding carboxylic acids is 2. The molecule has 0 spiro atoms. The molecule has 2 aromatic rings. The largest absolute Gasteiger partial charge is 0.354 e. The van der Waals surface area contributed by atoms with Crippen molar-refractivity contribution in [1.29, 1.82) is 0 Å². The lowest BCUT2D eigenvalue weighted by atomic mass is 10.0. The van der Waals surface area contributed by atoms with Gasteiger partial charge in [-0.3, -0.25) is 9.59 Å². The third-order valence-electron chi connectivity index (χ3n) is 5.18. The summed E-state index contributed by atoms with van der Waals surface area (Å²) in [4.78, 5) is 27.5. The van der Waals surface area contributed by atoms with Crippen LogP contribution < -0.4 is 5.32 Å². The van der Waals surface area contributed by atoms with Gasteiger partial charge in [-0.2, -0.15) is 0 Å². The fourth-order valence-corrected chi connectivity index (χ4v) is 3.42. The van der Waals surface area contributed by atoms with E-state index in [0.29, 0.717) is 31.8 Å². The Hall–Kier alpha value is -2.14. The van der Waals surface area contributed by atoms with Gasteiger partial charge in [0.05, 0.1) is 0 Å². The smallest absolute Gasteiger partial charge is 0.242 e. The minimum Gasteiger partial charge on any atom is -0.354 e. The summed E-state index contributed by atoms with van der Waals surface area (Å²) in [6.07, 6.45) is 2.05. The zero-order valence-corrected chi connectivity index (χ0v) is 20.0. The molecule has 0 radical (unpaired) electrons. The van der Waals surface area contributed by atoms with Crippen LogP contribution in [0.2, 0.25) is 0 Å². The zero-order chi connectivity index (χ0) is 22.1. The molecule has 0 saturated heterocycles. The van der Waals surface area contributed by atoms with E-state index in [9.17, 15) is 9.59 Å². The molecule has 0 aliphatic heterocycles. The Kier molecular flexibility index (Phi) is 9.57. The summed E-state index contributed by atoms with van der Waals surface area (Å²) in [5.41, 5.74) is 3.43. The van der Waals surface area contributed by atoms with Gasteiger partial charge < -0.3 is 10.2 Å². The molecule has 5 heteroatoms. The van der Waals surface area contributed by atoms with Crippen LogP contribution in [0.4, 0.5) is 0 Å². The van der Waals surface area contributed by atoms with Gasteiger partial charge in [0.25, 0.3) is 0 Å². The van der Waals surface area contributed by atoms with E-state index in [0.717, 1.165) is 22.0 Å². The van der Waals surface area contributed by atoms with Crippen molar-refractivity contribution in [3.8, 4) is 0 Å². The monoisotopic (exact) mass is 472 g/mol. The van der Waals surface area contributed by atoms with E-state index >= 15 is 0 Å². The van der Waals surface area contributed by atoms with Gasteiger partial charge >= 0.3 is 0 Å². The number of benzene rings is 2. The SMILES string of the molecule is CCc1ccc(CCC(=O)N(Cc2ccc(Br)cc2)[C@@H](C)C(=O)NCC(C)C)cc1. The van der Waals surface area contributed by atoms with Crippen molar-refractivity contribution in [1.82, 2.24) is 10.2 Å². The number of aryl methyl sites for hydroxylation is 2. The standard InChI is InChI=1S/C25H33BrN2O2/c1-5-20-6-8-21(9-7-20)12-15-24(29)28(17-22-10-13-23(26)14-11-22)19(4)25(30)27-16-18(2)3/h6-11,13-14,18-19H,5,12,15-17H2,1-4H3,(H,27,30)/t19-/m0/s1. The maximum Gasteiger partial charge on any atom is 0.242 e. The van der Waals surface area contributed by atoms with Gasteiger partial charge in [-0.15, -0.1) is 0 Å². The van der Waals surface area contributed by atoms with E-state index in [2.05, 4.69) is 66.3 Å². The van der Waals surface area contributed by atoms with Crippen LogP contribution in [0.1, 0.15) is 50.8 Å². The normalized spacial score (nSPS) is 11.9. The zero-order valence-electron chi connectivity index (χ0n) is 18.5. The number of hydrogen-bond donors (Lipinski definition) is 1. The lowest BCUT2D eigenvalue weighted by Gasteiger charge is -2.29. The average molecular weight is 473 g/mol. The van der Waals surface area contributed by atoms with Gasteiger partial charge in [0.2, 0.25) is 11.8 Å². The van der Waals surface area contributed by atoms with Crippen LogP contribution in [0.3, 0.4) is 0 Å². The average Bonchev–Trinajstić information content (AvgIpc) is 2.75. The number of rotatable bonds is 10. The molecule has 0 aliphatic carbocycles.